The summed E-state index contributed by atoms with van der Waals surface area (Å²) < 4.78 is 10.4. The van der Waals surface area contributed by atoms with Gasteiger partial charge in [-0.3, -0.25) is 14.8 Å². The number of carbonyl (C=O) groups is 1. The van der Waals surface area contributed by atoms with Crippen LogP contribution in [0.25, 0.3) is 11.0 Å². The van der Waals surface area contributed by atoms with Gasteiger partial charge in [-0.25, -0.2) is 0 Å². The van der Waals surface area contributed by atoms with Gasteiger partial charge in [-0.15, -0.1) is 0 Å². The first kappa shape index (κ1) is 14.8. The molecule has 3 aromatic rings. The van der Waals surface area contributed by atoms with Crippen molar-refractivity contribution in [3.8, 4) is 11.5 Å². The van der Waals surface area contributed by atoms with E-state index in [1.54, 1.807) is 49.8 Å². The number of hydrogen-bond acceptors (Lipinski definition) is 5. The zero-order valence-corrected chi connectivity index (χ0v) is 12.7. The van der Waals surface area contributed by atoms with E-state index in [1.165, 1.54) is 7.11 Å². The molecule has 3 rings (SSSR count). The lowest BCUT2D eigenvalue weighted by atomic mass is 10.1. The van der Waals surface area contributed by atoms with Crippen molar-refractivity contribution < 1.29 is 14.3 Å². The molecule has 0 aliphatic heterocycles. The number of anilines is 1. The van der Waals surface area contributed by atoms with Crippen LogP contribution in [0.5, 0.6) is 11.5 Å². The van der Waals surface area contributed by atoms with E-state index in [0.29, 0.717) is 33.8 Å². The Morgan fingerprint density at radius 3 is 2.65 bits per heavy atom. The highest BCUT2D eigenvalue weighted by Crippen LogP contribution is 2.29. The summed E-state index contributed by atoms with van der Waals surface area (Å²) in [6.07, 6.45) is 3.16. The SMILES string of the molecule is COc1ccc(NC(=O)c2cccc3nccnc23)c(OC)c1. The highest BCUT2D eigenvalue weighted by molar-refractivity contribution is 6.11. The molecule has 0 saturated heterocycles. The molecule has 23 heavy (non-hydrogen) atoms. The Morgan fingerprint density at radius 2 is 1.87 bits per heavy atom. The van der Waals surface area contributed by atoms with Gasteiger partial charge in [0.05, 0.1) is 31.0 Å². The van der Waals surface area contributed by atoms with Crippen LogP contribution < -0.4 is 14.8 Å². The van der Waals surface area contributed by atoms with Crippen LogP contribution in [0.1, 0.15) is 10.4 Å². The molecule has 0 aliphatic carbocycles. The summed E-state index contributed by atoms with van der Waals surface area (Å²) in [5.74, 6) is 0.888. The topological polar surface area (TPSA) is 73.3 Å². The first-order valence-corrected chi connectivity index (χ1v) is 6.96. The van der Waals surface area contributed by atoms with Gasteiger partial charge in [-0.2, -0.15) is 0 Å². The fourth-order valence-electron chi connectivity index (χ4n) is 2.27. The molecule has 116 valence electrons. The van der Waals surface area contributed by atoms with Crippen molar-refractivity contribution in [2.75, 3.05) is 19.5 Å². The maximum Gasteiger partial charge on any atom is 0.258 e. The summed E-state index contributed by atoms with van der Waals surface area (Å²) in [5, 5.41) is 2.83. The lowest BCUT2D eigenvalue weighted by Gasteiger charge is -2.12. The molecular formula is C17H15N3O3. The van der Waals surface area contributed by atoms with Crippen molar-refractivity contribution in [3.05, 3.63) is 54.4 Å². The third kappa shape index (κ3) is 2.91. The molecule has 6 heteroatoms. The Labute approximate surface area is 133 Å². The molecule has 0 unspecified atom stereocenters. The summed E-state index contributed by atoms with van der Waals surface area (Å²) in [5.41, 5.74) is 2.23. The van der Waals surface area contributed by atoms with Crippen molar-refractivity contribution >= 4 is 22.6 Å². The monoisotopic (exact) mass is 309 g/mol. The van der Waals surface area contributed by atoms with E-state index in [-0.39, 0.29) is 5.91 Å². The first-order valence-electron chi connectivity index (χ1n) is 6.96. The molecule has 1 N–H and O–H groups in total. The van der Waals surface area contributed by atoms with Crippen molar-refractivity contribution in [3.63, 3.8) is 0 Å². The van der Waals surface area contributed by atoms with Gasteiger partial charge >= 0.3 is 0 Å². The maximum absolute atomic E-state index is 12.6. The average molecular weight is 309 g/mol. The summed E-state index contributed by atoms with van der Waals surface area (Å²) in [4.78, 5) is 21.0. The normalized spacial score (nSPS) is 10.3. The van der Waals surface area contributed by atoms with E-state index in [1.807, 2.05) is 6.07 Å². The van der Waals surface area contributed by atoms with Crippen molar-refractivity contribution in [1.29, 1.82) is 0 Å². The fraction of sp³-hybridized carbons (Fsp3) is 0.118. The Balaban J connectivity index is 1.95. The fourth-order valence-corrected chi connectivity index (χ4v) is 2.27. The van der Waals surface area contributed by atoms with E-state index in [4.69, 9.17) is 9.47 Å². The molecule has 1 amide bonds. The number of fused-ring (bicyclic) bond motifs is 1. The third-order valence-electron chi connectivity index (χ3n) is 3.40. The molecule has 0 spiro atoms. The lowest BCUT2D eigenvalue weighted by Crippen LogP contribution is -2.13. The van der Waals surface area contributed by atoms with E-state index >= 15 is 0 Å². The summed E-state index contributed by atoms with van der Waals surface area (Å²) in [7, 11) is 3.11. The molecule has 0 atom stereocenters. The van der Waals surface area contributed by atoms with E-state index in [9.17, 15) is 4.79 Å². The summed E-state index contributed by atoms with van der Waals surface area (Å²) >= 11 is 0. The average Bonchev–Trinajstić information content (AvgIpc) is 2.61. The molecule has 0 radical (unpaired) electrons. The Hall–Kier alpha value is -3.15. The van der Waals surface area contributed by atoms with Gasteiger partial charge in [0.25, 0.3) is 5.91 Å². The number of hydrogen-bond donors (Lipinski definition) is 1. The number of carbonyl (C=O) groups excluding carboxylic acids is 1. The summed E-state index contributed by atoms with van der Waals surface area (Å²) in [6.45, 7) is 0. The smallest absolute Gasteiger partial charge is 0.258 e. The van der Waals surface area contributed by atoms with Gasteiger partial charge < -0.3 is 14.8 Å². The standard InChI is InChI=1S/C17H15N3O3/c1-22-11-6-7-13(15(10-11)23-2)20-17(21)12-4-3-5-14-16(12)19-9-8-18-14/h3-10H,1-2H3,(H,20,21). The number of ether oxygens (including phenoxy) is 2. The second-order valence-electron chi connectivity index (χ2n) is 4.75. The second kappa shape index (κ2) is 6.31. The number of rotatable bonds is 4. The third-order valence-corrected chi connectivity index (χ3v) is 3.40. The minimum absolute atomic E-state index is 0.278. The number of nitrogens with one attached hydrogen (secondary N) is 1. The number of amides is 1. The Bertz CT molecular complexity index is 859. The van der Waals surface area contributed by atoms with Crippen molar-refractivity contribution in [1.82, 2.24) is 9.97 Å². The molecule has 2 aromatic carbocycles. The van der Waals surface area contributed by atoms with Crippen LogP contribution in [-0.2, 0) is 0 Å². The molecule has 0 bridgehead atoms. The van der Waals surface area contributed by atoms with Gasteiger partial charge in [0, 0.05) is 18.5 Å². The Morgan fingerprint density at radius 1 is 1.04 bits per heavy atom. The minimum Gasteiger partial charge on any atom is -0.497 e. The van der Waals surface area contributed by atoms with Crippen LogP contribution in [0.4, 0.5) is 5.69 Å². The first-order chi connectivity index (χ1) is 11.2. The van der Waals surface area contributed by atoms with Gasteiger partial charge in [-0.1, -0.05) is 6.07 Å². The van der Waals surface area contributed by atoms with Gasteiger partial charge in [0.15, 0.2) is 0 Å². The van der Waals surface area contributed by atoms with E-state index in [2.05, 4.69) is 15.3 Å². The lowest BCUT2D eigenvalue weighted by molar-refractivity contribution is 0.102. The predicted octanol–water partition coefficient (Wildman–Crippen LogP) is 2.90. The van der Waals surface area contributed by atoms with Crippen molar-refractivity contribution in [2.24, 2.45) is 0 Å². The van der Waals surface area contributed by atoms with Crippen LogP contribution in [-0.4, -0.2) is 30.1 Å². The van der Waals surface area contributed by atoms with E-state index < -0.39 is 0 Å². The number of benzene rings is 2. The highest BCUT2D eigenvalue weighted by Gasteiger charge is 2.14. The predicted molar refractivity (Wildman–Crippen MR) is 87.0 cm³/mol. The van der Waals surface area contributed by atoms with Crippen LogP contribution in [0.2, 0.25) is 0 Å². The summed E-state index contributed by atoms with van der Waals surface area (Å²) in [6, 6.07) is 10.5. The zero-order chi connectivity index (χ0) is 16.2. The number of nitrogens with zero attached hydrogens (tertiary/aromatic N) is 2. The zero-order valence-electron chi connectivity index (χ0n) is 12.7. The van der Waals surface area contributed by atoms with Crippen molar-refractivity contribution in [2.45, 2.75) is 0 Å². The van der Waals surface area contributed by atoms with Gasteiger partial charge in [0.2, 0.25) is 0 Å². The van der Waals surface area contributed by atoms with Crippen LogP contribution in [0.3, 0.4) is 0 Å². The van der Waals surface area contributed by atoms with Gasteiger partial charge in [-0.05, 0) is 24.3 Å². The molecular weight excluding hydrogens is 294 g/mol. The molecule has 0 saturated carbocycles. The van der Waals surface area contributed by atoms with Gasteiger partial charge in [0.1, 0.15) is 17.0 Å². The maximum atomic E-state index is 12.6. The number of aromatic nitrogens is 2. The largest absolute Gasteiger partial charge is 0.497 e. The Kier molecular flexibility index (Phi) is 4.05. The van der Waals surface area contributed by atoms with Crippen LogP contribution in [0, 0.1) is 0 Å². The second-order valence-corrected chi connectivity index (χ2v) is 4.75. The molecule has 0 fully saturated rings. The number of para-hydroxylation sites is 1. The minimum atomic E-state index is -0.278. The van der Waals surface area contributed by atoms with E-state index in [0.717, 1.165) is 0 Å². The number of methoxy groups -OCH3 is 2. The quantitative estimate of drug-likeness (QED) is 0.802. The molecule has 0 aliphatic rings. The molecule has 1 heterocycles. The van der Waals surface area contributed by atoms with Crippen LogP contribution in [0.15, 0.2) is 48.8 Å². The van der Waals surface area contributed by atoms with Crippen LogP contribution >= 0.6 is 0 Å². The highest BCUT2D eigenvalue weighted by atomic mass is 16.5. The molecule has 6 nitrogen and oxygen atoms in total. The molecule has 1 aromatic heterocycles.